The fourth-order valence-electron chi connectivity index (χ4n) is 4.15. The van der Waals surface area contributed by atoms with Gasteiger partial charge in [0.05, 0.1) is 18.2 Å². The van der Waals surface area contributed by atoms with Crippen LogP contribution in [0.1, 0.15) is 36.3 Å². The Morgan fingerprint density at radius 2 is 1.93 bits per heavy atom. The number of aliphatic hydroxyl groups excluding tert-OH is 1. The maximum absolute atomic E-state index is 12.1. The van der Waals surface area contributed by atoms with Crippen molar-refractivity contribution in [2.24, 2.45) is 5.92 Å². The molecule has 2 aliphatic rings. The molecular formula is C23H25N3O2. The quantitative estimate of drug-likeness (QED) is 0.724. The summed E-state index contributed by atoms with van der Waals surface area (Å²) in [6.45, 7) is 0.659. The van der Waals surface area contributed by atoms with E-state index in [1.807, 2.05) is 18.2 Å². The third kappa shape index (κ3) is 3.66. The van der Waals surface area contributed by atoms with E-state index in [0.717, 1.165) is 36.0 Å². The predicted molar refractivity (Wildman–Crippen MR) is 107 cm³/mol. The van der Waals surface area contributed by atoms with Gasteiger partial charge in [0, 0.05) is 30.5 Å². The van der Waals surface area contributed by atoms with Crippen molar-refractivity contribution in [2.75, 3.05) is 13.2 Å². The second-order valence-corrected chi connectivity index (χ2v) is 7.78. The highest BCUT2D eigenvalue weighted by Crippen LogP contribution is 2.33. The first-order valence-corrected chi connectivity index (χ1v) is 9.94. The number of carbonyl (C=O) groups is 1. The molecule has 28 heavy (non-hydrogen) atoms. The molecule has 1 saturated carbocycles. The molecule has 2 fully saturated rings. The number of nitriles is 1. The molecule has 1 amide bonds. The largest absolute Gasteiger partial charge is 0.395 e. The molecule has 2 aromatic carbocycles. The number of aliphatic hydroxyl groups is 1. The molecule has 2 aromatic rings. The Kier molecular flexibility index (Phi) is 5.43. The van der Waals surface area contributed by atoms with Gasteiger partial charge in [0.2, 0.25) is 5.91 Å². The number of hydrogen-bond acceptors (Lipinski definition) is 4. The van der Waals surface area contributed by atoms with Crippen LogP contribution in [0, 0.1) is 17.2 Å². The Morgan fingerprint density at radius 3 is 2.57 bits per heavy atom. The molecule has 1 saturated heterocycles. The van der Waals surface area contributed by atoms with Crippen LogP contribution in [0.15, 0.2) is 48.5 Å². The smallest absolute Gasteiger partial charge is 0.223 e. The average molecular weight is 375 g/mol. The summed E-state index contributed by atoms with van der Waals surface area (Å²) in [6, 6.07) is 18.2. The number of amides is 1. The van der Waals surface area contributed by atoms with Crippen LogP contribution in [-0.4, -0.2) is 36.2 Å². The molecule has 1 heterocycles. The summed E-state index contributed by atoms with van der Waals surface area (Å²) in [4.78, 5) is 12.1. The first-order valence-electron chi connectivity index (χ1n) is 9.94. The van der Waals surface area contributed by atoms with E-state index < -0.39 is 0 Å². The average Bonchev–Trinajstić information content (AvgIpc) is 2.66. The summed E-state index contributed by atoms with van der Waals surface area (Å²) in [5, 5.41) is 25.2. The van der Waals surface area contributed by atoms with Gasteiger partial charge in [0.1, 0.15) is 0 Å². The third-order valence-electron chi connectivity index (χ3n) is 6.08. The predicted octanol–water partition coefficient (Wildman–Crippen LogP) is 2.56. The lowest BCUT2D eigenvalue weighted by atomic mass is 9.77. The molecule has 1 aliphatic carbocycles. The van der Waals surface area contributed by atoms with E-state index >= 15 is 0 Å². The third-order valence-corrected chi connectivity index (χ3v) is 6.08. The van der Waals surface area contributed by atoms with Crippen molar-refractivity contribution in [3.05, 3.63) is 59.7 Å². The monoisotopic (exact) mass is 375 g/mol. The molecule has 0 aromatic heterocycles. The van der Waals surface area contributed by atoms with Gasteiger partial charge in [-0.15, -0.1) is 0 Å². The Bertz CT molecular complexity index is 883. The first kappa shape index (κ1) is 18.7. The van der Waals surface area contributed by atoms with Gasteiger partial charge in [-0.2, -0.15) is 5.26 Å². The molecule has 3 atom stereocenters. The minimum absolute atomic E-state index is 0.0124. The highest BCUT2D eigenvalue weighted by atomic mass is 16.3. The molecule has 4 rings (SSSR count). The van der Waals surface area contributed by atoms with Crippen LogP contribution in [0.3, 0.4) is 0 Å². The number of benzene rings is 2. The van der Waals surface area contributed by atoms with Crippen LogP contribution in [-0.2, 0) is 4.79 Å². The number of nitrogens with one attached hydrogen (secondary N) is 2. The van der Waals surface area contributed by atoms with Crippen LogP contribution in [0.25, 0.3) is 11.1 Å². The minimum Gasteiger partial charge on any atom is -0.395 e. The zero-order valence-corrected chi connectivity index (χ0v) is 15.8. The fourth-order valence-corrected chi connectivity index (χ4v) is 4.15. The van der Waals surface area contributed by atoms with Crippen LogP contribution < -0.4 is 10.6 Å². The van der Waals surface area contributed by atoms with Gasteiger partial charge >= 0.3 is 0 Å². The zero-order valence-electron chi connectivity index (χ0n) is 15.8. The van der Waals surface area contributed by atoms with Gasteiger partial charge < -0.3 is 15.7 Å². The van der Waals surface area contributed by atoms with E-state index in [0.29, 0.717) is 12.1 Å². The van der Waals surface area contributed by atoms with Crippen LogP contribution in [0.2, 0.25) is 0 Å². The molecule has 144 valence electrons. The van der Waals surface area contributed by atoms with Gasteiger partial charge in [-0.3, -0.25) is 4.79 Å². The second kappa shape index (κ2) is 8.14. The highest BCUT2D eigenvalue weighted by Gasteiger charge is 2.41. The van der Waals surface area contributed by atoms with Gasteiger partial charge in [-0.05, 0) is 41.7 Å². The lowest BCUT2D eigenvalue weighted by molar-refractivity contribution is -0.127. The van der Waals surface area contributed by atoms with Gasteiger partial charge in [-0.1, -0.05) is 42.8 Å². The van der Waals surface area contributed by atoms with Gasteiger partial charge in [-0.25, -0.2) is 0 Å². The highest BCUT2D eigenvalue weighted by molar-refractivity contribution is 5.79. The zero-order chi connectivity index (χ0) is 19.5. The Hall–Kier alpha value is -2.68. The number of carbonyl (C=O) groups excluding carboxylic acids is 1. The molecular weight excluding hydrogens is 350 g/mol. The van der Waals surface area contributed by atoms with E-state index in [-0.39, 0.29) is 36.4 Å². The van der Waals surface area contributed by atoms with Crippen LogP contribution in [0.5, 0.6) is 0 Å². The fraction of sp³-hybridized carbons (Fsp3) is 0.391. The van der Waals surface area contributed by atoms with Crippen LogP contribution >= 0.6 is 0 Å². The lowest BCUT2D eigenvalue weighted by Gasteiger charge is -2.46. The molecule has 5 heteroatoms. The van der Waals surface area contributed by atoms with Crippen molar-refractivity contribution >= 4 is 5.91 Å². The molecule has 1 aliphatic heterocycles. The van der Waals surface area contributed by atoms with E-state index in [9.17, 15) is 9.90 Å². The Labute approximate surface area is 165 Å². The molecule has 0 unspecified atom stereocenters. The van der Waals surface area contributed by atoms with Gasteiger partial charge in [0.25, 0.3) is 0 Å². The molecule has 0 bridgehead atoms. The van der Waals surface area contributed by atoms with E-state index in [1.54, 1.807) is 6.07 Å². The first-order chi connectivity index (χ1) is 13.7. The number of nitrogens with zero attached hydrogens (tertiary/aromatic N) is 1. The maximum atomic E-state index is 12.1. The molecule has 0 spiro atoms. The standard InChI is InChI=1S/C23H25N3O2/c24-12-15-3-1-6-19(11-15)16-7-9-17(10-8-16)22-20(26-21(22)14-27)13-25-23(28)18-4-2-5-18/h1,3,6-11,18,20-22,26-27H,2,4-5,13-14H2,(H,25,28)/t20-,21-,22-/m1/s1. The normalized spacial score (nSPS) is 23.9. The van der Waals surface area contributed by atoms with E-state index in [4.69, 9.17) is 5.26 Å². The van der Waals surface area contributed by atoms with E-state index in [2.05, 4.69) is 41.0 Å². The van der Waals surface area contributed by atoms with Crippen molar-refractivity contribution in [1.29, 1.82) is 5.26 Å². The second-order valence-electron chi connectivity index (χ2n) is 7.78. The molecule has 5 nitrogen and oxygen atoms in total. The minimum atomic E-state index is 0.0124. The summed E-state index contributed by atoms with van der Waals surface area (Å²) in [5.41, 5.74) is 3.87. The summed E-state index contributed by atoms with van der Waals surface area (Å²) >= 11 is 0. The van der Waals surface area contributed by atoms with Crippen molar-refractivity contribution < 1.29 is 9.90 Å². The number of rotatable bonds is 6. The summed E-state index contributed by atoms with van der Waals surface area (Å²) in [5.74, 6) is 0.522. The molecule has 0 radical (unpaired) electrons. The summed E-state index contributed by atoms with van der Waals surface area (Å²) < 4.78 is 0. The van der Waals surface area contributed by atoms with E-state index in [1.165, 1.54) is 0 Å². The number of hydrogen-bond donors (Lipinski definition) is 3. The molecule has 3 N–H and O–H groups in total. The van der Waals surface area contributed by atoms with Crippen LogP contribution in [0.4, 0.5) is 0 Å². The maximum Gasteiger partial charge on any atom is 0.223 e. The Balaban J connectivity index is 1.44. The van der Waals surface area contributed by atoms with Crippen molar-refractivity contribution in [3.63, 3.8) is 0 Å². The van der Waals surface area contributed by atoms with Gasteiger partial charge in [0.15, 0.2) is 0 Å². The SMILES string of the molecule is N#Cc1cccc(-c2ccc([C@H]3[C@@H](CO)N[C@@H]3CNC(=O)C3CCC3)cc2)c1. The van der Waals surface area contributed by atoms with Crippen molar-refractivity contribution in [2.45, 2.75) is 37.3 Å². The summed E-state index contributed by atoms with van der Waals surface area (Å²) in [7, 11) is 0. The Morgan fingerprint density at radius 1 is 1.14 bits per heavy atom. The summed E-state index contributed by atoms with van der Waals surface area (Å²) in [6.07, 6.45) is 3.15. The van der Waals surface area contributed by atoms with Crippen molar-refractivity contribution in [1.82, 2.24) is 10.6 Å². The van der Waals surface area contributed by atoms with Crippen molar-refractivity contribution in [3.8, 4) is 17.2 Å². The topological polar surface area (TPSA) is 85.2 Å². The lowest BCUT2D eigenvalue weighted by Crippen LogP contribution is -2.65.